The third-order valence-electron chi connectivity index (χ3n) is 5.13. The summed E-state index contributed by atoms with van der Waals surface area (Å²) in [6.45, 7) is 8.31. The van der Waals surface area contributed by atoms with Crippen molar-refractivity contribution in [3.63, 3.8) is 0 Å². The van der Waals surface area contributed by atoms with Gasteiger partial charge in [0.2, 0.25) is 0 Å². The van der Waals surface area contributed by atoms with Gasteiger partial charge >= 0.3 is 0 Å². The number of benzene rings is 1. The molecular formula is C20H28N4O. The quantitative estimate of drug-likeness (QED) is 0.934. The highest BCUT2D eigenvalue weighted by Crippen LogP contribution is 2.33. The summed E-state index contributed by atoms with van der Waals surface area (Å²) >= 11 is 0. The van der Waals surface area contributed by atoms with E-state index in [0.29, 0.717) is 37.2 Å². The van der Waals surface area contributed by atoms with Gasteiger partial charge in [-0.3, -0.25) is 9.48 Å². The summed E-state index contributed by atoms with van der Waals surface area (Å²) in [6, 6.07) is 12.3. The number of rotatable bonds is 3. The molecule has 2 heterocycles. The smallest absolute Gasteiger partial charge is 0.272 e. The second-order valence-electron chi connectivity index (χ2n) is 8.01. The summed E-state index contributed by atoms with van der Waals surface area (Å²) in [6.07, 6.45) is 0. The molecule has 0 aliphatic carbocycles. The van der Waals surface area contributed by atoms with Crippen LogP contribution in [0.2, 0.25) is 0 Å². The topological polar surface area (TPSA) is 64.2 Å². The Hall–Kier alpha value is -2.14. The van der Waals surface area contributed by atoms with E-state index in [1.165, 1.54) is 5.56 Å². The molecule has 0 spiro atoms. The molecule has 2 N–H and O–H groups in total. The third-order valence-corrected chi connectivity index (χ3v) is 5.13. The van der Waals surface area contributed by atoms with Crippen molar-refractivity contribution in [2.45, 2.75) is 32.1 Å². The third kappa shape index (κ3) is 3.47. The fourth-order valence-electron chi connectivity index (χ4n) is 3.55. The molecule has 0 radical (unpaired) electrons. The average Bonchev–Trinajstić information content (AvgIpc) is 3.18. The zero-order valence-electron chi connectivity index (χ0n) is 15.6. The first kappa shape index (κ1) is 17.7. The van der Waals surface area contributed by atoms with Crippen LogP contribution >= 0.6 is 0 Å². The van der Waals surface area contributed by atoms with Crippen LogP contribution in [0.15, 0.2) is 36.4 Å². The van der Waals surface area contributed by atoms with Crippen molar-refractivity contribution >= 4 is 5.91 Å². The molecule has 1 fully saturated rings. The molecule has 25 heavy (non-hydrogen) atoms. The standard InChI is InChI=1S/C20H28N4O/c1-20(2,3)18-10-17(23(4)22-18)19(25)24-12-15(11-21)16(13-24)14-8-6-5-7-9-14/h5-10,15-16H,11-13,21H2,1-4H3/t15-,16+/m1/s1. The molecule has 1 aromatic carbocycles. The molecule has 1 amide bonds. The largest absolute Gasteiger partial charge is 0.336 e. The van der Waals surface area contributed by atoms with Crippen molar-refractivity contribution < 1.29 is 4.79 Å². The Kier molecular flexibility index (Phi) is 4.69. The highest BCUT2D eigenvalue weighted by molar-refractivity contribution is 5.93. The number of likely N-dealkylation sites (tertiary alicyclic amines) is 1. The first-order valence-electron chi connectivity index (χ1n) is 8.90. The van der Waals surface area contributed by atoms with Crippen molar-refractivity contribution in [3.05, 3.63) is 53.3 Å². The second-order valence-corrected chi connectivity index (χ2v) is 8.01. The van der Waals surface area contributed by atoms with Crippen molar-refractivity contribution in [2.75, 3.05) is 19.6 Å². The highest BCUT2D eigenvalue weighted by atomic mass is 16.2. The molecule has 5 nitrogen and oxygen atoms in total. The van der Waals surface area contributed by atoms with Crippen molar-refractivity contribution in [1.29, 1.82) is 0 Å². The van der Waals surface area contributed by atoms with Gasteiger partial charge in [-0.1, -0.05) is 51.1 Å². The average molecular weight is 340 g/mol. The summed E-state index contributed by atoms with van der Waals surface area (Å²) in [5, 5.41) is 4.54. The maximum Gasteiger partial charge on any atom is 0.272 e. The molecule has 3 rings (SSSR count). The van der Waals surface area contributed by atoms with E-state index in [2.05, 4.69) is 38.0 Å². The lowest BCUT2D eigenvalue weighted by Crippen LogP contribution is -2.31. The minimum absolute atomic E-state index is 0.0439. The zero-order chi connectivity index (χ0) is 18.2. The van der Waals surface area contributed by atoms with E-state index in [1.807, 2.05) is 36.2 Å². The van der Waals surface area contributed by atoms with Crippen molar-refractivity contribution in [1.82, 2.24) is 14.7 Å². The Balaban J connectivity index is 1.83. The number of carbonyl (C=O) groups is 1. The van der Waals surface area contributed by atoms with Gasteiger partial charge < -0.3 is 10.6 Å². The Bertz CT molecular complexity index is 745. The number of aromatic nitrogens is 2. The van der Waals surface area contributed by atoms with Crippen LogP contribution in [-0.2, 0) is 12.5 Å². The Morgan fingerprint density at radius 1 is 1.24 bits per heavy atom. The van der Waals surface area contributed by atoms with Crippen LogP contribution in [0.1, 0.15) is 48.4 Å². The second kappa shape index (κ2) is 6.64. The number of nitrogens with zero attached hydrogens (tertiary/aromatic N) is 3. The maximum atomic E-state index is 13.1. The van der Waals surface area contributed by atoms with E-state index in [1.54, 1.807) is 4.68 Å². The van der Waals surface area contributed by atoms with Gasteiger partial charge in [0.1, 0.15) is 5.69 Å². The van der Waals surface area contributed by atoms with Gasteiger partial charge in [0.25, 0.3) is 5.91 Å². The van der Waals surface area contributed by atoms with Gasteiger partial charge in [0.05, 0.1) is 5.69 Å². The molecule has 1 saturated heterocycles. The molecule has 2 aromatic rings. The lowest BCUT2D eigenvalue weighted by molar-refractivity contribution is 0.0775. The summed E-state index contributed by atoms with van der Waals surface area (Å²) in [5.41, 5.74) is 8.77. The predicted octanol–water partition coefficient (Wildman–Crippen LogP) is 2.53. The first-order chi connectivity index (χ1) is 11.8. The van der Waals surface area contributed by atoms with E-state index in [4.69, 9.17) is 5.73 Å². The summed E-state index contributed by atoms with van der Waals surface area (Å²) in [5.74, 6) is 0.634. The van der Waals surface area contributed by atoms with Gasteiger partial charge in [0.15, 0.2) is 0 Å². The highest BCUT2D eigenvalue weighted by Gasteiger charge is 2.36. The van der Waals surface area contributed by atoms with Gasteiger partial charge in [-0.2, -0.15) is 5.10 Å². The van der Waals surface area contributed by atoms with E-state index in [0.717, 1.165) is 5.69 Å². The maximum absolute atomic E-state index is 13.1. The number of hydrogen-bond acceptors (Lipinski definition) is 3. The first-order valence-corrected chi connectivity index (χ1v) is 8.90. The summed E-state index contributed by atoms with van der Waals surface area (Å²) in [4.78, 5) is 15.0. The van der Waals surface area contributed by atoms with E-state index < -0.39 is 0 Å². The molecule has 5 heteroatoms. The molecule has 2 atom stereocenters. The predicted molar refractivity (Wildman–Crippen MR) is 99.5 cm³/mol. The molecule has 0 saturated carbocycles. The Morgan fingerprint density at radius 2 is 1.92 bits per heavy atom. The van der Waals surface area contributed by atoms with E-state index in [9.17, 15) is 4.79 Å². The molecule has 0 unspecified atom stereocenters. The number of carbonyl (C=O) groups excluding carboxylic acids is 1. The zero-order valence-corrected chi connectivity index (χ0v) is 15.6. The fourth-order valence-corrected chi connectivity index (χ4v) is 3.55. The number of nitrogens with two attached hydrogens (primary N) is 1. The molecule has 1 aliphatic heterocycles. The van der Waals surface area contributed by atoms with Gasteiger partial charge in [-0.05, 0) is 24.1 Å². The number of amides is 1. The summed E-state index contributed by atoms with van der Waals surface area (Å²) in [7, 11) is 1.84. The lowest BCUT2D eigenvalue weighted by Gasteiger charge is -2.17. The number of aryl methyl sites for hydroxylation is 1. The van der Waals surface area contributed by atoms with Crippen LogP contribution in [-0.4, -0.2) is 40.2 Å². The van der Waals surface area contributed by atoms with Crippen LogP contribution in [0.3, 0.4) is 0 Å². The molecule has 0 bridgehead atoms. The van der Waals surface area contributed by atoms with Crippen LogP contribution in [0, 0.1) is 5.92 Å². The minimum atomic E-state index is -0.0757. The molecule has 1 aliphatic rings. The fraction of sp³-hybridized carbons (Fsp3) is 0.500. The van der Waals surface area contributed by atoms with Crippen LogP contribution in [0.4, 0.5) is 0 Å². The molecule has 134 valence electrons. The normalized spacial score (nSPS) is 20.9. The molecular weight excluding hydrogens is 312 g/mol. The minimum Gasteiger partial charge on any atom is -0.336 e. The Morgan fingerprint density at radius 3 is 2.48 bits per heavy atom. The van der Waals surface area contributed by atoms with Gasteiger partial charge in [-0.15, -0.1) is 0 Å². The Labute approximate surface area is 149 Å². The van der Waals surface area contributed by atoms with Crippen molar-refractivity contribution in [3.8, 4) is 0 Å². The monoisotopic (exact) mass is 340 g/mol. The lowest BCUT2D eigenvalue weighted by atomic mass is 9.89. The van der Waals surface area contributed by atoms with Crippen molar-refractivity contribution in [2.24, 2.45) is 18.7 Å². The SMILES string of the molecule is Cn1nc(C(C)(C)C)cc1C(=O)N1C[C@@H](CN)[C@H](c2ccccc2)C1. The van der Waals surface area contributed by atoms with Crippen LogP contribution < -0.4 is 5.73 Å². The van der Waals surface area contributed by atoms with E-state index in [-0.39, 0.29) is 11.3 Å². The molecule has 1 aromatic heterocycles. The van der Waals surface area contributed by atoms with Crippen LogP contribution in [0.5, 0.6) is 0 Å². The van der Waals surface area contributed by atoms with Crippen LogP contribution in [0.25, 0.3) is 0 Å². The van der Waals surface area contributed by atoms with Gasteiger partial charge in [0, 0.05) is 31.5 Å². The van der Waals surface area contributed by atoms with E-state index >= 15 is 0 Å². The van der Waals surface area contributed by atoms with Gasteiger partial charge in [-0.25, -0.2) is 0 Å². The number of hydrogen-bond donors (Lipinski definition) is 1. The summed E-state index contributed by atoms with van der Waals surface area (Å²) < 4.78 is 1.70.